The number of allylic oxidation sites excluding steroid dienone is 2. The van der Waals surface area contributed by atoms with Crippen LogP contribution in [-0.4, -0.2) is 13.2 Å². The Hall–Kier alpha value is -1.08. The Balaban J connectivity index is 1.84. The minimum atomic E-state index is 0.835. The van der Waals surface area contributed by atoms with Crippen molar-refractivity contribution in [1.82, 2.24) is 0 Å². The molecule has 0 spiro atoms. The van der Waals surface area contributed by atoms with Crippen LogP contribution in [0.5, 0.6) is 0 Å². The third kappa shape index (κ3) is 2.96. The first-order chi connectivity index (χ1) is 7.90. The lowest BCUT2D eigenvalue weighted by atomic mass is 9.90. The van der Waals surface area contributed by atoms with Gasteiger partial charge in [-0.05, 0) is 43.7 Å². The summed E-state index contributed by atoms with van der Waals surface area (Å²) in [5.74, 6) is 0. The maximum absolute atomic E-state index is 5.37. The molecule has 1 heteroatoms. The summed E-state index contributed by atoms with van der Waals surface area (Å²) >= 11 is 0. The number of ether oxygens (including phenoxy) is 1. The Labute approximate surface area is 98.1 Å². The van der Waals surface area contributed by atoms with Crippen molar-refractivity contribution in [3.63, 3.8) is 0 Å². The third-order valence-corrected chi connectivity index (χ3v) is 3.14. The van der Waals surface area contributed by atoms with E-state index in [0.717, 1.165) is 32.5 Å². The van der Waals surface area contributed by atoms with E-state index in [-0.39, 0.29) is 0 Å². The molecule has 0 atom stereocenters. The summed E-state index contributed by atoms with van der Waals surface area (Å²) in [6, 6.07) is 8.77. The number of rotatable bonds is 5. The topological polar surface area (TPSA) is 9.23 Å². The van der Waals surface area contributed by atoms with Crippen molar-refractivity contribution in [3.8, 4) is 0 Å². The van der Waals surface area contributed by atoms with Gasteiger partial charge in [0.1, 0.15) is 0 Å². The highest BCUT2D eigenvalue weighted by Gasteiger charge is 2.09. The molecule has 16 heavy (non-hydrogen) atoms. The van der Waals surface area contributed by atoms with Gasteiger partial charge in [0.15, 0.2) is 0 Å². The average Bonchev–Trinajstić information content (AvgIpc) is 2.34. The highest BCUT2D eigenvalue weighted by Crippen LogP contribution is 2.23. The van der Waals surface area contributed by atoms with E-state index in [0.29, 0.717) is 0 Å². The van der Waals surface area contributed by atoms with E-state index in [1.54, 1.807) is 5.57 Å². The molecule has 0 N–H and O–H groups in total. The molecule has 0 aliphatic heterocycles. The molecule has 0 bridgehead atoms. The van der Waals surface area contributed by atoms with E-state index in [1.807, 2.05) is 0 Å². The molecule has 0 unspecified atom stereocenters. The molecule has 1 nitrogen and oxygen atoms in total. The normalized spacial score (nSPS) is 14.4. The fraction of sp³-hybridized carbons (Fsp3) is 0.467. The maximum Gasteiger partial charge on any atom is 0.0468 e. The highest BCUT2D eigenvalue weighted by atomic mass is 16.5. The summed E-state index contributed by atoms with van der Waals surface area (Å²) < 4.78 is 5.37. The minimum Gasteiger partial charge on any atom is -0.382 e. The van der Waals surface area contributed by atoms with Crippen LogP contribution in [0.25, 0.3) is 0 Å². The lowest BCUT2D eigenvalue weighted by Crippen LogP contribution is -2.04. The predicted octanol–water partition coefficient (Wildman–Crippen LogP) is 3.53. The summed E-state index contributed by atoms with van der Waals surface area (Å²) in [6.45, 7) is 3.79. The van der Waals surface area contributed by atoms with Crippen molar-refractivity contribution in [2.45, 2.75) is 32.6 Å². The molecular formula is C15H20O. The van der Waals surface area contributed by atoms with E-state index in [9.17, 15) is 0 Å². The van der Waals surface area contributed by atoms with Gasteiger partial charge in [-0.25, -0.2) is 0 Å². The van der Waals surface area contributed by atoms with Gasteiger partial charge in [0.25, 0.3) is 0 Å². The molecule has 0 heterocycles. The Kier molecular flexibility index (Phi) is 4.17. The van der Waals surface area contributed by atoms with Gasteiger partial charge in [-0.1, -0.05) is 35.9 Å². The maximum atomic E-state index is 5.37. The van der Waals surface area contributed by atoms with Crippen LogP contribution in [0.15, 0.2) is 35.9 Å². The molecular weight excluding hydrogens is 196 g/mol. The van der Waals surface area contributed by atoms with E-state index < -0.39 is 0 Å². The molecule has 86 valence electrons. The molecule has 1 aliphatic rings. The first kappa shape index (κ1) is 11.4. The van der Waals surface area contributed by atoms with Gasteiger partial charge < -0.3 is 4.74 Å². The number of hydrogen-bond donors (Lipinski definition) is 0. The van der Waals surface area contributed by atoms with Crippen molar-refractivity contribution in [3.05, 3.63) is 47.0 Å². The summed E-state index contributed by atoms with van der Waals surface area (Å²) in [5, 5.41) is 0. The van der Waals surface area contributed by atoms with Crippen LogP contribution in [0.1, 0.15) is 30.9 Å². The lowest BCUT2D eigenvalue weighted by Gasteiger charge is -2.16. The van der Waals surface area contributed by atoms with E-state index in [2.05, 4.69) is 37.3 Å². The van der Waals surface area contributed by atoms with Gasteiger partial charge in [-0.15, -0.1) is 0 Å². The smallest absolute Gasteiger partial charge is 0.0468 e. The zero-order chi connectivity index (χ0) is 11.2. The Morgan fingerprint density at radius 1 is 1.19 bits per heavy atom. The molecule has 0 radical (unpaired) electrons. The quantitative estimate of drug-likeness (QED) is 0.540. The average molecular weight is 216 g/mol. The zero-order valence-electron chi connectivity index (χ0n) is 10.0. The van der Waals surface area contributed by atoms with Crippen molar-refractivity contribution < 1.29 is 4.74 Å². The van der Waals surface area contributed by atoms with E-state index >= 15 is 0 Å². The number of benzene rings is 1. The minimum absolute atomic E-state index is 0.835. The highest BCUT2D eigenvalue weighted by molar-refractivity contribution is 5.36. The molecule has 0 fully saturated rings. The second-order valence-corrected chi connectivity index (χ2v) is 4.31. The van der Waals surface area contributed by atoms with Gasteiger partial charge in [-0.2, -0.15) is 0 Å². The lowest BCUT2D eigenvalue weighted by molar-refractivity contribution is 0.145. The molecule has 1 aliphatic carbocycles. The summed E-state index contributed by atoms with van der Waals surface area (Å²) in [7, 11) is 0. The molecule has 2 rings (SSSR count). The van der Waals surface area contributed by atoms with Crippen LogP contribution in [0.4, 0.5) is 0 Å². The summed E-state index contributed by atoms with van der Waals surface area (Å²) in [4.78, 5) is 0. The fourth-order valence-electron chi connectivity index (χ4n) is 2.24. The van der Waals surface area contributed by atoms with Crippen LogP contribution in [0, 0.1) is 0 Å². The monoisotopic (exact) mass is 216 g/mol. The summed E-state index contributed by atoms with van der Waals surface area (Å²) in [6.07, 6.45) is 6.99. The zero-order valence-corrected chi connectivity index (χ0v) is 10.0. The van der Waals surface area contributed by atoms with Crippen LogP contribution in [-0.2, 0) is 17.6 Å². The molecule has 0 amide bonds. The summed E-state index contributed by atoms with van der Waals surface area (Å²) in [5.41, 5.74) is 4.59. The van der Waals surface area contributed by atoms with Crippen molar-refractivity contribution in [1.29, 1.82) is 0 Å². The van der Waals surface area contributed by atoms with Crippen LogP contribution >= 0.6 is 0 Å². The van der Waals surface area contributed by atoms with Crippen LogP contribution < -0.4 is 0 Å². The molecule has 1 aromatic carbocycles. The largest absolute Gasteiger partial charge is 0.382 e. The first-order valence-corrected chi connectivity index (χ1v) is 6.22. The SMILES string of the molecule is CCOCCCC1=CCc2ccccc2C1. The fourth-order valence-corrected chi connectivity index (χ4v) is 2.24. The number of fused-ring (bicyclic) bond motifs is 1. The molecule has 0 saturated carbocycles. The molecule has 1 aromatic rings. The van der Waals surface area contributed by atoms with E-state index in [1.165, 1.54) is 17.5 Å². The van der Waals surface area contributed by atoms with Gasteiger partial charge in [0, 0.05) is 13.2 Å². The standard InChI is InChI=1S/C15H20O/c1-2-16-11-5-6-13-9-10-14-7-3-4-8-15(14)12-13/h3-4,7-9H,2,5-6,10-12H2,1H3. The van der Waals surface area contributed by atoms with Crippen LogP contribution in [0.3, 0.4) is 0 Å². The third-order valence-electron chi connectivity index (χ3n) is 3.14. The Bertz CT molecular complexity index is 365. The van der Waals surface area contributed by atoms with Crippen molar-refractivity contribution >= 4 is 0 Å². The molecule has 0 aromatic heterocycles. The molecule has 0 saturated heterocycles. The Morgan fingerprint density at radius 2 is 2.00 bits per heavy atom. The van der Waals surface area contributed by atoms with Gasteiger partial charge in [0.2, 0.25) is 0 Å². The van der Waals surface area contributed by atoms with Crippen molar-refractivity contribution in [2.24, 2.45) is 0 Å². The second kappa shape index (κ2) is 5.86. The second-order valence-electron chi connectivity index (χ2n) is 4.31. The predicted molar refractivity (Wildman–Crippen MR) is 67.7 cm³/mol. The first-order valence-electron chi connectivity index (χ1n) is 6.22. The Morgan fingerprint density at radius 3 is 2.81 bits per heavy atom. The number of hydrogen-bond acceptors (Lipinski definition) is 1. The van der Waals surface area contributed by atoms with Crippen molar-refractivity contribution in [2.75, 3.05) is 13.2 Å². The van der Waals surface area contributed by atoms with Gasteiger partial charge in [0.05, 0.1) is 0 Å². The van der Waals surface area contributed by atoms with Gasteiger partial charge in [-0.3, -0.25) is 0 Å². The van der Waals surface area contributed by atoms with Crippen LogP contribution in [0.2, 0.25) is 0 Å². The van der Waals surface area contributed by atoms with E-state index in [4.69, 9.17) is 4.74 Å². The van der Waals surface area contributed by atoms with Gasteiger partial charge >= 0.3 is 0 Å².